The van der Waals surface area contributed by atoms with E-state index in [-0.39, 0.29) is 11.8 Å². The highest BCUT2D eigenvalue weighted by Gasteiger charge is 2.21. The predicted octanol–water partition coefficient (Wildman–Crippen LogP) is 2.33. The van der Waals surface area contributed by atoms with Crippen molar-refractivity contribution in [2.75, 3.05) is 17.6 Å². The fraction of sp³-hybridized carbons (Fsp3) is 0.167. The van der Waals surface area contributed by atoms with E-state index in [1.54, 1.807) is 0 Å². The van der Waals surface area contributed by atoms with Gasteiger partial charge < -0.3 is 15.8 Å². The minimum Gasteiger partial charge on any atom is -0.428 e. The standard InChI is InChI=1S/C12H12FN5O3/c1-2-15-9-6-10(17-12(14)16-9)21-11-7(13)4-3-5-8(11)18(19)20/h3-6H,2H2,1H3,(H3,14,15,16,17). The van der Waals surface area contributed by atoms with Gasteiger partial charge in [0.1, 0.15) is 5.82 Å². The van der Waals surface area contributed by atoms with Crippen molar-refractivity contribution in [3.05, 3.63) is 40.2 Å². The minimum absolute atomic E-state index is 0.0911. The van der Waals surface area contributed by atoms with Gasteiger partial charge in [0, 0.05) is 18.7 Å². The summed E-state index contributed by atoms with van der Waals surface area (Å²) < 4.78 is 18.9. The van der Waals surface area contributed by atoms with Crippen molar-refractivity contribution in [1.82, 2.24) is 9.97 Å². The maximum absolute atomic E-state index is 13.7. The summed E-state index contributed by atoms with van der Waals surface area (Å²) in [6, 6.07) is 4.78. The molecule has 0 fully saturated rings. The van der Waals surface area contributed by atoms with Gasteiger partial charge in [0.05, 0.1) is 4.92 Å². The second kappa shape index (κ2) is 5.99. The van der Waals surface area contributed by atoms with Crippen LogP contribution in [0.4, 0.5) is 21.8 Å². The number of ether oxygens (including phenoxy) is 1. The third-order valence-electron chi connectivity index (χ3n) is 2.43. The summed E-state index contributed by atoms with van der Waals surface area (Å²) in [5, 5.41) is 13.8. The number of para-hydroxylation sites is 1. The molecular weight excluding hydrogens is 281 g/mol. The van der Waals surface area contributed by atoms with E-state index in [2.05, 4.69) is 15.3 Å². The highest BCUT2D eigenvalue weighted by molar-refractivity contribution is 5.50. The zero-order valence-corrected chi connectivity index (χ0v) is 11.0. The third kappa shape index (κ3) is 3.32. The summed E-state index contributed by atoms with van der Waals surface area (Å²) in [6.45, 7) is 2.43. The molecule has 1 heterocycles. The summed E-state index contributed by atoms with van der Waals surface area (Å²) in [5.74, 6) is -1.21. The third-order valence-corrected chi connectivity index (χ3v) is 2.43. The molecule has 0 unspecified atom stereocenters. The van der Waals surface area contributed by atoms with Crippen LogP contribution in [0.1, 0.15) is 6.92 Å². The molecule has 0 spiro atoms. The van der Waals surface area contributed by atoms with Crippen molar-refractivity contribution in [2.45, 2.75) is 6.92 Å². The maximum atomic E-state index is 13.7. The molecule has 0 aliphatic carbocycles. The monoisotopic (exact) mass is 293 g/mol. The van der Waals surface area contributed by atoms with Crippen LogP contribution < -0.4 is 15.8 Å². The summed E-state index contributed by atoms with van der Waals surface area (Å²) in [6.07, 6.45) is 0. The van der Waals surface area contributed by atoms with Crippen LogP contribution in [0.2, 0.25) is 0 Å². The quantitative estimate of drug-likeness (QED) is 0.641. The number of nitrogens with one attached hydrogen (secondary N) is 1. The fourth-order valence-corrected chi connectivity index (χ4v) is 1.61. The van der Waals surface area contributed by atoms with E-state index in [1.165, 1.54) is 12.1 Å². The zero-order valence-electron chi connectivity index (χ0n) is 11.0. The first-order valence-corrected chi connectivity index (χ1v) is 6.00. The van der Waals surface area contributed by atoms with Crippen molar-refractivity contribution < 1.29 is 14.1 Å². The number of nitrogen functional groups attached to an aromatic ring is 1. The van der Waals surface area contributed by atoms with Gasteiger partial charge >= 0.3 is 5.69 Å². The minimum atomic E-state index is -0.869. The summed E-state index contributed by atoms with van der Waals surface area (Å²) in [5.41, 5.74) is 5.01. The lowest BCUT2D eigenvalue weighted by Gasteiger charge is -2.09. The van der Waals surface area contributed by atoms with Gasteiger partial charge in [-0.3, -0.25) is 10.1 Å². The molecule has 0 saturated carbocycles. The Bertz CT molecular complexity index is 680. The van der Waals surface area contributed by atoms with Gasteiger partial charge in [-0.05, 0) is 13.0 Å². The number of nitro benzene ring substituents is 1. The number of nitro groups is 1. The molecule has 8 nitrogen and oxygen atoms in total. The lowest BCUT2D eigenvalue weighted by atomic mass is 10.3. The second-order valence-corrected chi connectivity index (χ2v) is 3.93. The van der Waals surface area contributed by atoms with Crippen molar-refractivity contribution in [2.24, 2.45) is 0 Å². The molecule has 0 radical (unpaired) electrons. The van der Waals surface area contributed by atoms with Crippen LogP contribution in [0.3, 0.4) is 0 Å². The molecule has 3 N–H and O–H groups in total. The molecule has 0 aliphatic heterocycles. The highest BCUT2D eigenvalue weighted by Crippen LogP contribution is 2.33. The normalized spacial score (nSPS) is 10.2. The van der Waals surface area contributed by atoms with Gasteiger partial charge in [-0.1, -0.05) is 6.07 Å². The Morgan fingerprint density at radius 3 is 2.90 bits per heavy atom. The van der Waals surface area contributed by atoms with Crippen LogP contribution in [-0.4, -0.2) is 21.4 Å². The number of anilines is 2. The number of aromatic nitrogens is 2. The largest absolute Gasteiger partial charge is 0.428 e. The number of hydrogen-bond acceptors (Lipinski definition) is 7. The van der Waals surface area contributed by atoms with Gasteiger partial charge in [-0.2, -0.15) is 9.97 Å². The van der Waals surface area contributed by atoms with Gasteiger partial charge in [-0.15, -0.1) is 0 Å². The van der Waals surface area contributed by atoms with E-state index in [1.807, 2.05) is 6.92 Å². The molecule has 1 aromatic carbocycles. The predicted molar refractivity (Wildman–Crippen MR) is 73.7 cm³/mol. The lowest BCUT2D eigenvalue weighted by molar-refractivity contribution is -0.385. The lowest BCUT2D eigenvalue weighted by Crippen LogP contribution is -2.05. The van der Waals surface area contributed by atoms with Crippen LogP contribution in [-0.2, 0) is 0 Å². The molecule has 110 valence electrons. The molecule has 1 aromatic heterocycles. The van der Waals surface area contributed by atoms with E-state index < -0.39 is 22.2 Å². The van der Waals surface area contributed by atoms with Crippen LogP contribution in [0.25, 0.3) is 0 Å². The first kappa shape index (κ1) is 14.4. The van der Waals surface area contributed by atoms with Crippen LogP contribution >= 0.6 is 0 Å². The molecule has 0 aliphatic rings. The van der Waals surface area contributed by atoms with Crippen molar-refractivity contribution >= 4 is 17.5 Å². The molecule has 0 atom stereocenters. The van der Waals surface area contributed by atoms with Crippen molar-refractivity contribution in [1.29, 1.82) is 0 Å². The van der Waals surface area contributed by atoms with E-state index in [9.17, 15) is 14.5 Å². The molecule has 0 amide bonds. The van der Waals surface area contributed by atoms with Crippen LogP contribution in [0.5, 0.6) is 11.6 Å². The molecule has 21 heavy (non-hydrogen) atoms. The fourth-order valence-electron chi connectivity index (χ4n) is 1.61. The van der Waals surface area contributed by atoms with Crippen LogP contribution in [0.15, 0.2) is 24.3 Å². The summed E-state index contributed by atoms with van der Waals surface area (Å²) >= 11 is 0. The number of benzene rings is 1. The summed E-state index contributed by atoms with van der Waals surface area (Å²) in [4.78, 5) is 17.8. The Balaban J connectivity index is 2.40. The summed E-state index contributed by atoms with van der Waals surface area (Å²) in [7, 11) is 0. The van der Waals surface area contributed by atoms with E-state index >= 15 is 0 Å². The molecule has 9 heteroatoms. The average Bonchev–Trinajstić information content (AvgIpc) is 2.40. The Kier molecular flexibility index (Phi) is 4.12. The molecular formula is C12H12FN5O3. The SMILES string of the molecule is CCNc1cc(Oc2c(F)cccc2[N+](=O)[O-])nc(N)n1. The van der Waals surface area contributed by atoms with E-state index in [0.29, 0.717) is 12.4 Å². The van der Waals surface area contributed by atoms with Gasteiger partial charge in [-0.25, -0.2) is 4.39 Å². The van der Waals surface area contributed by atoms with Crippen LogP contribution in [0, 0.1) is 15.9 Å². The molecule has 0 saturated heterocycles. The Hall–Kier alpha value is -2.97. The van der Waals surface area contributed by atoms with Crippen molar-refractivity contribution in [3.63, 3.8) is 0 Å². The first-order chi connectivity index (χ1) is 10.0. The Morgan fingerprint density at radius 1 is 1.48 bits per heavy atom. The molecule has 2 aromatic rings. The van der Waals surface area contributed by atoms with Gasteiger partial charge in [0.25, 0.3) is 0 Å². The molecule has 2 rings (SSSR count). The van der Waals surface area contributed by atoms with Gasteiger partial charge in [0.15, 0.2) is 5.82 Å². The van der Waals surface area contributed by atoms with Gasteiger partial charge in [0.2, 0.25) is 17.6 Å². The average molecular weight is 293 g/mol. The number of halogens is 1. The number of hydrogen-bond donors (Lipinski definition) is 2. The highest BCUT2D eigenvalue weighted by atomic mass is 19.1. The second-order valence-electron chi connectivity index (χ2n) is 3.93. The zero-order chi connectivity index (χ0) is 15.4. The number of nitrogens with two attached hydrogens (primary N) is 1. The van der Waals surface area contributed by atoms with E-state index in [4.69, 9.17) is 10.5 Å². The first-order valence-electron chi connectivity index (χ1n) is 6.00. The smallest absolute Gasteiger partial charge is 0.314 e. The van der Waals surface area contributed by atoms with Crippen molar-refractivity contribution in [3.8, 4) is 11.6 Å². The maximum Gasteiger partial charge on any atom is 0.314 e. The van der Waals surface area contributed by atoms with E-state index in [0.717, 1.165) is 12.1 Å². The molecule has 0 bridgehead atoms. The Morgan fingerprint density at radius 2 is 2.24 bits per heavy atom. The topological polar surface area (TPSA) is 116 Å². The number of rotatable bonds is 5. The number of nitrogens with zero attached hydrogens (tertiary/aromatic N) is 3. The Labute approximate surface area is 118 Å².